The van der Waals surface area contributed by atoms with E-state index in [4.69, 9.17) is 14.2 Å². The van der Waals surface area contributed by atoms with Crippen LogP contribution in [0.4, 0.5) is 0 Å². The number of esters is 3. The molecule has 0 fully saturated rings. The maximum Gasteiger partial charge on any atom is 0.306 e. The zero-order valence-electron chi connectivity index (χ0n) is 46.7. The highest BCUT2D eigenvalue weighted by Gasteiger charge is 2.19. The lowest BCUT2D eigenvalue weighted by atomic mass is 10.0. The van der Waals surface area contributed by atoms with Crippen LogP contribution in [0.5, 0.6) is 0 Å². The molecule has 408 valence electrons. The summed E-state index contributed by atoms with van der Waals surface area (Å²) in [5, 5.41) is 0. The summed E-state index contributed by atoms with van der Waals surface area (Å²) < 4.78 is 16.8. The van der Waals surface area contributed by atoms with Crippen LogP contribution in [-0.4, -0.2) is 37.2 Å². The second-order valence-corrected chi connectivity index (χ2v) is 19.9. The highest BCUT2D eigenvalue weighted by atomic mass is 16.6. The van der Waals surface area contributed by atoms with Gasteiger partial charge in [-0.15, -0.1) is 0 Å². The van der Waals surface area contributed by atoms with Crippen molar-refractivity contribution in [3.05, 3.63) is 85.1 Å². The Kier molecular flexibility index (Phi) is 56.3. The maximum absolute atomic E-state index is 12.8. The Morgan fingerprint density at radius 1 is 0.296 bits per heavy atom. The molecule has 0 bridgehead atoms. The van der Waals surface area contributed by atoms with Gasteiger partial charge in [-0.1, -0.05) is 279 Å². The number of allylic oxidation sites excluding steroid dienone is 14. The Bertz CT molecular complexity index is 1370. The van der Waals surface area contributed by atoms with Crippen molar-refractivity contribution in [1.82, 2.24) is 0 Å². The quantitative estimate of drug-likeness (QED) is 0.0261. The first kappa shape index (κ1) is 67.6. The van der Waals surface area contributed by atoms with Crippen LogP contribution in [0, 0.1) is 0 Å². The van der Waals surface area contributed by atoms with E-state index >= 15 is 0 Å². The SMILES string of the molecule is CC/C=C\C/C=C\C/C=C\C/C=C\C/C=C\C/C=C\C/C=C\CCCCCC(=O)OCC(COC(=O)CCCCCCCC)OC(=O)CCCCCCCCCCCCCCCCCCCCCCCC. The van der Waals surface area contributed by atoms with Gasteiger partial charge in [0.05, 0.1) is 0 Å². The third-order valence-corrected chi connectivity index (χ3v) is 12.9. The van der Waals surface area contributed by atoms with Crippen LogP contribution >= 0.6 is 0 Å². The van der Waals surface area contributed by atoms with Gasteiger partial charge in [0.25, 0.3) is 0 Å². The molecule has 0 aliphatic rings. The molecule has 0 heterocycles. The molecule has 71 heavy (non-hydrogen) atoms. The van der Waals surface area contributed by atoms with Gasteiger partial charge >= 0.3 is 17.9 Å². The van der Waals surface area contributed by atoms with Gasteiger partial charge in [0.2, 0.25) is 0 Å². The second kappa shape index (κ2) is 59.2. The lowest BCUT2D eigenvalue weighted by Gasteiger charge is -2.18. The van der Waals surface area contributed by atoms with Gasteiger partial charge in [-0.25, -0.2) is 0 Å². The van der Waals surface area contributed by atoms with Gasteiger partial charge in [0, 0.05) is 19.3 Å². The molecule has 0 saturated heterocycles. The summed E-state index contributed by atoms with van der Waals surface area (Å²) in [5.41, 5.74) is 0. The molecule has 0 aromatic carbocycles. The number of hydrogen-bond acceptors (Lipinski definition) is 6. The molecule has 1 unspecified atom stereocenters. The fourth-order valence-corrected chi connectivity index (χ4v) is 8.42. The Morgan fingerprint density at radius 2 is 0.549 bits per heavy atom. The van der Waals surface area contributed by atoms with Crippen molar-refractivity contribution in [2.24, 2.45) is 0 Å². The van der Waals surface area contributed by atoms with Crippen molar-refractivity contribution in [3.63, 3.8) is 0 Å². The van der Waals surface area contributed by atoms with E-state index in [9.17, 15) is 14.4 Å². The monoisotopic (exact) mass is 989 g/mol. The Labute approximate surface area is 439 Å². The van der Waals surface area contributed by atoms with Crippen molar-refractivity contribution in [2.75, 3.05) is 13.2 Å². The van der Waals surface area contributed by atoms with Crippen molar-refractivity contribution < 1.29 is 28.6 Å². The number of carbonyl (C=O) groups is 3. The minimum Gasteiger partial charge on any atom is -0.462 e. The first-order chi connectivity index (χ1) is 35.0. The molecule has 0 aromatic heterocycles. The van der Waals surface area contributed by atoms with Crippen LogP contribution in [0.2, 0.25) is 0 Å². The fraction of sp³-hybridized carbons (Fsp3) is 0.738. The molecule has 6 nitrogen and oxygen atoms in total. The number of unbranched alkanes of at least 4 members (excludes halogenated alkanes) is 29. The summed E-state index contributed by atoms with van der Waals surface area (Å²) in [6.07, 6.45) is 77.6. The number of carbonyl (C=O) groups excluding carboxylic acids is 3. The van der Waals surface area contributed by atoms with E-state index in [1.165, 1.54) is 141 Å². The highest BCUT2D eigenvalue weighted by molar-refractivity contribution is 5.71. The van der Waals surface area contributed by atoms with E-state index in [1.807, 2.05) is 0 Å². The van der Waals surface area contributed by atoms with Crippen LogP contribution in [0.25, 0.3) is 0 Å². The third-order valence-electron chi connectivity index (χ3n) is 12.9. The molecule has 0 rings (SSSR count). The smallest absolute Gasteiger partial charge is 0.306 e. The summed E-state index contributed by atoms with van der Waals surface area (Å²) >= 11 is 0. The third kappa shape index (κ3) is 57.4. The van der Waals surface area contributed by atoms with Gasteiger partial charge in [-0.05, 0) is 77.0 Å². The molecule has 0 amide bonds. The lowest BCUT2D eigenvalue weighted by molar-refractivity contribution is -0.167. The summed E-state index contributed by atoms with van der Waals surface area (Å²) in [7, 11) is 0. The summed E-state index contributed by atoms with van der Waals surface area (Å²) in [6.45, 7) is 6.46. The molecule has 0 aliphatic heterocycles. The van der Waals surface area contributed by atoms with Crippen LogP contribution in [0.3, 0.4) is 0 Å². The molecular formula is C65H112O6. The predicted octanol–water partition coefficient (Wildman–Crippen LogP) is 20.3. The molecule has 0 spiro atoms. The largest absolute Gasteiger partial charge is 0.462 e. The van der Waals surface area contributed by atoms with Crippen molar-refractivity contribution >= 4 is 17.9 Å². The molecule has 0 N–H and O–H groups in total. The van der Waals surface area contributed by atoms with Gasteiger partial charge in [-0.2, -0.15) is 0 Å². The van der Waals surface area contributed by atoms with E-state index in [0.29, 0.717) is 19.3 Å². The minimum atomic E-state index is -0.786. The first-order valence-corrected chi connectivity index (χ1v) is 30.1. The average molecular weight is 990 g/mol. The lowest BCUT2D eigenvalue weighted by Crippen LogP contribution is -2.30. The Morgan fingerprint density at radius 3 is 0.859 bits per heavy atom. The average Bonchev–Trinajstić information content (AvgIpc) is 3.37. The van der Waals surface area contributed by atoms with Crippen LogP contribution in [0.15, 0.2) is 85.1 Å². The zero-order chi connectivity index (χ0) is 51.4. The van der Waals surface area contributed by atoms with E-state index in [2.05, 4.69) is 106 Å². The second-order valence-electron chi connectivity index (χ2n) is 19.9. The topological polar surface area (TPSA) is 78.9 Å². The molecule has 0 aromatic rings. The van der Waals surface area contributed by atoms with E-state index in [-0.39, 0.29) is 31.1 Å². The summed E-state index contributed by atoms with van der Waals surface area (Å²) in [5.74, 6) is -0.920. The Hall–Kier alpha value is -3.41. The van der Waals surface area contributed by atoms with Gasteiger partial charge < -0.3 is 14.2 Å². The van der Waals surface area contributed by atoms with Crippen molar-refractivity contribution in [3.8, 4) is 0 Å². The molecule has 0 aliphatic carbocycles. The number of hydrogen-bond donors (Lipinski definition) is 0. The standard InChI is InChI=1S/C65H112O6/c1-4-7-10-13-16-18-20-22-24-26-28-30-32-33-34-36-37-39-41-43-45-47-49-52-55-58-64(67)70-61-62(60-69-63(66)57-54-51-15-12-9-6-3)71-65(68)59-56-53-50-48-46-44-42-40-38-35-31-29-27-25-23-21-19-17-14-11-8-5-2/h7,10,16,18,22,24,28,30,33-34,37,39,43,45,62H,4-6,8-9,11-15,17,19-21,23,25-27,29,31-32,35-36,38,40-42,44,46-61H2,1-3H3/b10-7-,18-16-,24-22-,30-28-,34-33-,39-37-,45-43-. The van der Waals surface area contributed by atoms with Gasteiger partial charge in [-0.3, -0.25) is 14.4 Å². The Balaban J connectivity index is 4.19. The van der Waals surface area contributed by atoms with Crippen molar-refractivity contribution in [2.45, 2.75) is 297 Å². The van der Waals surface area contributed by atoms with E-state index in [1.54, 1.807) is 0 Å². The van der Waals surface area contributed by atoms with Gasteiger partial charge in [0.15, 0.2) is 6.10 Å². The van der Waals surface area contributed by atoms with Crippen LogP contribution in [0.1, 0.15) is 290 Å². The normalized spacial score (nSPS) is 12.7. The van der Waals surface area contributed by atoms with Crippen LogP contribution in [-0.2, 0) is 28.6 Å². The molecule has 6 heteroatoms. The van der Waals surface area contributed by atoms with Crippen LogP contribution < -0.4 is 0 Å². The van der Waals surface area contributed by atoms with Crippen molar-refractivity contribution in [1.29, 1.82) is 0 Å². The number of ether oxygens (including phenoxy) is 3. The molecule has 1 atom stereocenters. The molecular weight excluding hydrogens is 877 g/mol. The predicted molar refractivity (Wildman–Crippen MR) is 307 cm³/mol. The van der Waals surface area contributed by atoms with Gasteiger partial charge in [0.1, 0.15) is 13.2 Å². The first-order valence-electron chi connectivity index (χ1n) is 30.1. The summed E-state index contributed by atoms with van der Waals surface area (Å²) in [6, 6.07) is 0. The molecule has 0 radical (unpaired) electrons. The zero-order valence-corrected chi connectivity index (χ0v) is 46.7. The molecule has 0 saturated carbocycles. The maximum atomic E-state index is 12.8. The minimum absolute atomic E-state index is 0.0854. The fourth-order valence-electron chi connectivity index (χ4n) is 8.42. The summed E-state index contributed by atoms with van der Waals surface area (Å²) in [4.78, 5) is 37.9. The van der Waals surface area contributed by atoms with E-state index in [0.717, 1.165) is 109 Å². The number of rotatable bonds is 54. The van der Waals surface area contributed by atoms with E-state index < -0.39 is 6.10 Å². The highest BCUT2D eigenvalue weighted by Crippen LogP contribution is 2.17.